The van der Waals surface area contributed by atoms with Crippen LogP contribution in [-0.4, -0.2) is 25.0 Å². The van der Waals surface area contributed by atoms with E-state index < -0.39 is 0 Å². The summed E-state index contributed by atoms with van der Waals surface area (Å²) in [6, 6.07) is 0.631. The minimum Gasteiger partial charge on any atom is -0.356 e. The van der Waals surface area contributed by atoms with Crippen molar-refractivity contribution in [2.24, 2.45) is 5.92 Å². The van der Waals surface area contributed by atoms with Crippen molar-refractivity contribution in [1.29, 1.82) is 0 Å². The maximum atomic E-state index is 12.0. The lowest BCUT2D eigenvalue weighted by atomic mass is 9.97. The number of hydrogen-bond donors (Lipinski definition) is 2. The van der Waals surface area contributed by atoms with E-state index in [0.717, 1.165) is 45.2 Å². The molecule has 17 heavy (non-hydrogen) atoms. The Morgan fingerprint density at radius 1 is 1.35 bits per heavy atom. The first-order valence-corrected chi connectivity index (χ1v) is 7.29. The third-order valence-electron chi connectivity index (χ3n) is 3.60. The molecule has 1 aliphatic heterocycles. The minimum absolute atomic E-state index is 0.238. The van der Waals surface area contributed by atoms with Gasteiger partial charge in [0, 0.05) is 18.5 Å². The SMILES string of the molecule is CCCC(CCC)C(=O)NCCC1CCCN1. The van der Waals surface area contributed by atoms with Gasteiger partial charge in [0.2, 0.25) is 5.91 Å². The fraction of sp³-hybridized carbons (Fsp3) is 0.929. The van der Waals surface area contributed by atoms with Crippen molar-refractivity contribution in [2.75, 3.05) is 13.1 Å². The first-order valence-electron chi connectivity index (χ1n) is 7.29. The van der Waals surface area contributed by atoms with Gasteiger partial charge in [-0.1, -0.05) is 26.7 Å². The molecule has 1 amide bonds. The van der Waals surface area contributed by atoms with Crippen LogP contribution in [0.4, 0.5) is 0 Å². The molecule has 1 aliphatic rings. The molecule has 100 valence electrons. The van der Waals surface area contributed by atoms with Crippen LogP contribution < -0.4 is 10.6 Å². The molecule has 2 N–H and O–H groups in total. The van der Waals surface area contributed by atoms with Crippen molar-refractivity contribution in [3.05, 3.63) is 0 Å². The standard InChI is InChI=1S/C14H28N2O/c1-3-6-12(7-4-2)14(17)16-11-9-13-8-5-10-15-13/h12-13,15H,3-11H2,1-2H3,(H,16,17). The molecule has 0 spiro atoms. The van der Waals surface area contributed by atoms with Crippen LogP contribution in [0.2, 0.25) is 0 Å². The van der Waals surface area contributed by atoms with Crippen molar-refractivity contribution >= 4 is 5.91 Å². The van der Waals surface area contributed by atoms with E-state index in [4.69, 9.17) is 0 Å². The molecule has 3 heteroatoms. The lowest BCUT2D eigenvalue weighted by Crippen LogP contribution is -2.34. The van der Waals surface area contributed by atoms with Crippen molar-refractivity contribution in [3.8, 4) is 0 Å². The zero-order chi connectivity index (χ0) is 12.5. The van der Waals surface area contributed by atoms with Crippen LogP contribution >= 0.6 is 0 Å². The van der Waals surface area contributed by atoms with Gasteiger partial charge in [0.05, 0.1) is 0 Å². The molecule has 0 aromatic heterocycles. The van der Waals surface area contributed by atoms with Crippen LogP contribution in [0.25, 0.3) is 0 Å². The Bertz CT molecular complexity index is 206. The number of amides is 1. The van der Waals surface area contributed by atoms with Gasteiger partial charge in [-0.2, -0.15) is 0 Å². The Balaban J connectivity index is 2.16. The van der Waals surface area contributed by atoms with E-state index in [-0.39, 0.29) is 11.8 Å². The minimum atomic E-state index is 0.238. The summed E-state index contributed by atoms with van der Waals surface area (Å²) in [5.74, 6) is 0.508. The molecule has 1 heterocycles. The molecule has 0 saturated carbocycles. The van der Waals surface area contributed by atoms with Crippen molar-refractivity contribution in [3.63, 3.8) is 0 Å². The first kappa shape index (κ1) is 14.5. The van der Waals surface area contributed by atoms with E-state index in [1.54, 1.807) is 0 Å². The summed E-state index contributed by atoms with van der Waals surface area (Å²) in [5.41, 5.74) is 0. The highest BCUT2D eigenvalue weighted by atomic mass is 16.1. The summed E-state index contributed by atoms with van der Waals surface area (Å²) < 4.78 is 0. The second-order valence-electron chi connectivity index (χ2n) is 5.15. The molecule has 1 atom stereocenters. The molecular formula is C14H28N2O. The van der Waals surface area contributed by atoms with Gasteiger partial charge in [-0.25, -0.2) is 0 Å². The predicted octanol–water partition coefficient (Wildman–Crippen LogP) is 2.46. The molecule has 1 rings (SSSR count). The van der Waals surface area contributed by atoms with E-state index in [2.05, 4.69) is 24.5 Å². The third kappa shape index (κ3) is 5.53. The van der Waals surface area contributed by atoms with Crippen molar-refractivity contribution < 1.29 is 4.79 Å². The summed E-state index contributed by atoms with van der Waals surface area (Å²) in [5, 5.41) is 6.56. The second-order valence-corrected chi connectivity index (χ2v) is 5.15. The van der Waals surface area contributed by atoms with E-state index >= 15 is 0 Å². The van der Waals surface area contributed by atoms with Gasteiger partial charge in [0.25, 0.3) is 0 Å². The van der Waals surface area contributed by atoms with Crippen LogP contribution in [0.5, 0.6) is 0 Å². The number of rotatable bonds is 8. The Hall–Kier alpha value is -0.570. The van der Waals surface area contributed by atoms with Crippen LogP contribution in [0, 0.1) is 5.92 Å². The van der Waals surface area contributed by atoms with Crippen LogP contribution in [0.15, 0.2) is 0 Å². The smallest absolute Gasteiger partial charge is 0.223 e. The molecule has 1 saturated heterocycles. The van der Waals surface area contributed by atoms with Gasteiger partial charge in [-0.05, 0) is 38.6 Å². The fourth-order valence-electron chi connectivity index (χ4n) is 2.62. The highest BCUT2D eigenvalue weighted by Crippen LogP contribution is 2.14. The number of nitrogens with one attached hydrogen (secondary N) is 2. The molecule has 0 aromatic carbocycles. The maximum Gasteiger partial charge on any atom is 0.223 e. The van der Waals surface area contributed by atoms with E-state index in [9.17, 15) is 4.79 Å². The van der Waals surface area contributed by atoms with Crippen LogP contribution in [0.1, 0.15) is 58.8 Å². The quantitative estimate of drug-likeness (QED) is 0.684. The summed E-state index contributed by atoms with van der Waals surface area (Å²) in [4.78, 5) is 12.0. The van der Waals surface area contributed by atoms with Crippen molar-refractivity contribution in [1.82, 2.24) is 10.6 Å². The highest BCUT2D eigenvalue weighted by molar-refractivity contribution is 5.78. The maximum absolute atomic E-state index is 12.0. The van der Waals surface area contributed by atoms with Gasteiger partial charge < -0.3 is 10.6 Å². The summed E-state index contributed by atoms with van der Waals surface area (Å²) in [6.07, 6.45) is 7.89. The molecule has 3 nitrogen and oxygen atoms in total. The molecule has 0 bridgehead atoms. The van der Waals surface area contributed by atoms with Gasteiger partial charge in [0.15, 0.2) is 0 Å². The average Bonchev–Trinajstić information content (AvgIpc) is 2.81. The zero-order valence-electron chi connectivity index (χ0n) is 11.4. The molecule has 0 aromatic rings. The summed E-state index contributed by atoms with van der Waals surface area (Å²) >= 11 is 0. The Kier molecular flexibility index (Phi) is 7.25. The molecular weight excluding hydrogens is 212 g/mol. The number of hydrogen-bond acceptors (Lipinski definition) is 2. The number of carbonyl (C=O) groups is 1. The predicted molar refractivity (Wildman–Crippen MR) is 72.0 cm³/mol. The fourth-order valence-corrected chi connectivity index (χ4v) is 2.62. The van der Waals surface area contributed by atoms with Gasteiger partial charge >= 0.3 is 0 Å². The van der Waals surface area contributed by atoms with E-state index in [1.165, 1.54) is 12.8 Å². The molecule has 0 aliphatic carbocycles. The number of carbonyl (C=O) groups excluding carboxylic acids is 1. The summed E-state index contributed by atoms with van der Waals surface area (Å²) in [6.45, 7) is 6.28. The van der Waals surface area contributed by atoms with Crippen LogP contribution in [-0.2, 0) is 4.79 Å². The lowest BCUT2D eigenvalue weighted by molar-refractivity contribution is -0.125. The molecule has 1 fully saturated rings. The lowest BCUT2D eigenvalue weighted by Gasteiger charge is -2.16. The van der Waals surface area contributed by atoms with Crippen molar-refractivity contribution in [2.45, 2.75) is 64.8 Å². The highest BCUT2D eigenvalue weighted by Gasteiger charge is 2.17. The molecule has 0 radical (unpaired) electrons. The van der Waals surface area contributed by atoms with E-state index in [0.29, 0.717) is 6.04 Å². The Labute approximate surface area is 106 Å². The largest absolute Gasteiger partial charge is 0.356 e. The third-order valence-corrected chi connectivity index (χ3v) is 3.60. The monoisotopic (exact) mass is 240 g/mol. The Morgan fingerprint density at radius 2 is 2.06 bits per heavy atom. The topological polar surface area (TPSA) is 41.1 Å². The van der Waals surface area contributed by atoms with E-state index in [1.807, 2.05) is 0 Å². The normalized spacial score (nSPS) is 19.8. The zero-order valence-corrected chi connectivity index (χ0v) is 11.4. The Morgan fingerprint density at radius 3 is 2.59 bits per heavy atom. The molecule has 1 unspecified atom stereocenters. The summed E-state index contributed by atoms with van der Waals surface area (Å²) in [7, 11) is 0. The van der Waals surface area contributed by atoms with Gasteiger partial charge in [0.1, 0.15) is 0 Å². The van der Waals surface area contributed by atoms with Gasteiger partial charge in [-0.15, -0.1) is 0 Å². The first-order chi connectivity index (χ1) is 8.27. The average molecular weight is 240 g/mol. The van der Waals surface area contributed by atoms with Crippen LogP contribution in [0.3, 0.4) is 0 Å². The van der Waals surface area contributed by atoms with Gasteiger partial charge in [-0.3, -0.25) is 4.79 Å². The second kappa shape index (κ2) is 8.51.